The zero-order valence-electron chi connectivity index (χ0n) is 12.0. The van der Waals surface area contributed by atoms with Crippen molar-refractivity contribution in [2.24, 2.45) is 0 Å². The van der Waals surface area contributed by atoms with Gasteiger partial charge in [0.05, 0.1) is 12.5 Å². The topological polar surface area (TPSA) is 65.6 Å². The van der Waals surface area contributed by atoms with Crippen molar-refractivity contribution in [2.45, 2.75) is 31.2 Å². The first kappa shape index (κ1) is 16.2. The summed E-state index contributed by atoms with van der Waals surface area (Å²) in [7, 11) is 3.89. The van der Waals surface area contributed by atoms with E-state index in [1.54, 1.807) is 0 Å². The van der Waals surface area contributed by atoms with Gasteiger partial charge in [-0.2, -0.15) is 18.2 Å². The number of hydrogen-bond donors (Lipinski definition) is 1. The van der Waals surface area contributed by atoms with E-state index in [2.05, 4.69) is 19.9 Å². The van der Waals surface area contributed by atoms with Crippen molar-refractivity contribution in [3.05, 3.63) is 11.7 Å². The number of aliphatic hydroxyl groups is 1. The third-order valence-electron chi connectivity index (χ3n) is 3.59. The lowest BCUT2D eigenvalue weighted by atomic mass is 10.2. The van der Waals surface area contributed by atoms with E-state index in [0.29, 0.717) is 12.4 Å². The molecule has 2 heterocycles. The largest absolute Gasteiger partial charge is 0.414 e. The molecule has 1 fully saturated rings. The molecule has 1 aliphatic heterocycles. The number of nitrogens with zero attached hydrogens (tertiary/aromatic N) is 4. The summed E-state index contributed by atoms with van der Waals surface area (Å²) < 4.78 is 41.8. The van der Waals surface area contributed by atoms with Gasteiger partial charge in [-0.1, -0.05) is 5.16 Å². The van der Waals surface area contributed by atoms with Crippen LogP contribution in [-0.4, -0.2) is 71.1 Å². The van der Waals surface area contributed by atoms with Crippen LogP contribution in [0.4, 0.5) is 13.2 Å². The Morgan fingerprint density at radius 3 is 2.76 bits per heavy atom. The Morgan fingerprint density at radius 2 is 2.10 bits per heavy atom. The Kier molecular flexibility index (Phi) is 4.84. The molecule has 0 radical (unpaired) electrons. The molecular formula is C12H19F3N4O2. The lowest BCUT2D eigenvalue weighted by Gasteiger charge is -2.24. The van der Waals surface area contributed by atoms with Gasteiger partial charge in [-0.15, -0.1) is 0 Å². The summed E-state index contributed by atoms with van der Waals surface area (Å²) in [6.07, 6.45) is -6.89. The molecule has 0 amide bonds. The molecule has 120 valence electrons. The lowest BCUT2D eigenvalue weighted by Crippen LogP contribution is -2.32. The van der Waals surface area contributed by atoms with Gasteiger partial charge in [0.15, 0.2) is 11.9 Å². The van der Waals surface area contributed by atoms with Crippen molar-refractivity contribution in [1.29, 1.82) is 0 Å². The average Bonchev–Trinajstić information content (AvgIpc) is 2.75. The minimum atomic E-state index is -4.69. The molecule has 0 aliphatic carbocycles. The molecule has 9 heteroatoms. The molecule has 1 aliphatic rings. The smallest absolute Gasteiger partial charge is 0.383 e. The fourth-order valence-electron chi connectivity index (χ4n) is 2.32. The van der Waals surface area contributed by atoms with Gasteiger partial charge in [0, 0.05) is 6.54 Å². The summed E-state index contributed by atoms with van der Waals surface area (Å²) in [6, 6.07) is -0.127. The summed E-state index contributed by atoms with van der Waals surface area (Å²) >= 11 is 0. The van der Waals surface area contributed by atoms with Crippen LogP contribution in [0, 0.1) is 0 Å². The van der Waals surface area contributed by atoms with E-state index < -0.39 is 18.7 Å². The number of rotatable bonds is 3. The first-order chi connectivity index (χ1) is 9.77. The number of aromatic nitrogens is 2. The summed E-state index contributed by atoms with van der Waals surface area (Å²) in [5.74, 6) is 0.158. The van der Waals surface area contributed by atoms with E-state index in [1.807, 2.05) is 14.1 Å². The second-order valence-corrected chi connectivity index (χ2v) is 5.42. The standard InChI is InChI=1S/C12H19F3N4O2/c1-18-4-3-5-19(2)8(7-18)11-16-10(21-17-11)6-9(20)12(13,14)15/h8-9,20H,3-7H2,1-2H3. The zero-order chi connectivity index (χ0) is 15.6. The molecule has 2 atom stereocenters. The number of likely N-dealkylation sites (N-methyl/N-ethyl adjacent to an activating group) is 2. The molecule has 0 saturated carbocycles. The third kappa shape index (κ3) is 4.14. The Morgan fingerprint density at radius 1 is 1.38 bits per heavy atom. The van der Waals surface area contributed by atoms with Crippen LogP contribution in [0.1, 0.15) is 24.2 Å². The monoisotopic (exact) mass is 308 g/mol. The molecule has 1 N–H and O–H groups in total. The maximum absolute atomic E-state index is 12.3. The van der Waals surface area contributed by atoms with Crippen LogP contribution in [0.2, 0.25) is 0 Å². The Labute approximate surface area is 120 Å². The Bertz CT molecular complexity index is 466. The van der Waals surface area contributed by atoms with Crippen molar-refractivity contribution >= 4 is 0 Å². The van der Waals surface area contributed by atoms with Crippen molar-refractivity contribution in [1.82, 2.24) is 19.9 Å². The lowest BCUT2D eigenvalue weighted by molar-refractivity contribution is -0.204. The van der Waals surface area contributed by atoms with Gasteiger partial charge in [-0.05, 0) is 33.6 Å². The van der Waals surface area contributed by atoms with Crippen LogP contribution in [0.3, 0.4) is 0 Å². The highest BCUT2D eigenvalue weighted by atomic mass is 19.4. The Balaban J connectivity index is 2.08. The number of alkyl halides is 3. The van der Waals surface area contributed by atoms with Gasteiger partial charge in [-0.3, -0.25) is 4.90 Å². The molecule has 2 unspecified atom stereocenters. The highest BCUT2D eigenvalue weighted by molar-refractivity contribution is 4.98. The minimum absolute atomic E-state index is 0.127. The van der Waals surface area contributed by atoms with Gasteiger partial charge >= 0.3 is 6.18 Å². The SMILES string of the molecule is CN1CCCN(C)C(c2noc(CC(O)C(F)(F)F)n2)C1. The normalized spacial score (nSPS) is 24.0. The van der Waals surface area contributed by atoms with Gasteiger partial charge in [-0.25, -0.2) is 0 Å². The second kappa shape index (κ2) is 6.29. The highest BCUT2D eigenvalue weighted by Gasteiger charge is 2.39. The van der Waals surface area contributed by atoms with Crippen molar-refractivity contribution < 1.29 is 22.8 Å². The van der Waals surface area contributed by atoms with E-state index in [0.717, 1.165) is 19.5 Å². The second-order valence-electron chi connectivity index (χ2n) is 5.42. The first-order valence-electron chi connectivity index (χ1n) is 6.73. The highest BCUT2D eigenvalue weighted by Crippen LogP contribution is 2.24. The minimum Gasteiger partial charge on any atom is -0.383 e. The van der Waals surface area contributed by atoms with Crippen LogP contribution >= 0.6 is 0 Å². The molecular weight excluding hydrogens is 289 g/mol. The number of halogens is 3. The maximum atomic E-state index is 12.3. The van der Waals surface area contributed by atoms with E-state index in [1.165, 1.54) is 0 Å². The number of aliphatic hydroxyl groups excluding tert-OH is 1. The first-order valence-corrected chi connectivity index (χ1v) is 6.73. The summed E-state index contributed by atoms with van der Waals surface area (Å²) in [6.45, 7) is 2.47. The molecule has 0 aromatic carbocycles. The molecule has 1 aromatic rings. The van der Waals surface area contributed by atoms with Crippen LogP contribution in [0.15, 0.2) is 4.52 Å². The predicted molar refractivity (Wildman–Crippen MR) is 67.5 cm³/mol. The molecule has 0 bridgehead atoms. The molecule has 1 aromatic heterocycles. The van der Waals surface area contributed by atoms with Crippen LogP contribution < -0.4 is 0 Å². The van der Waals surface area contributed by atoms with Gasteiger partial charge in [0.25, 0.3) is 0 Å². The summed E-state index contributed by atoms with van der Waals surface area (Å²) in [4.78, 5) is 8.18. The van der Waals surface area contributed by atoms with Crippen LogP contribution in [0.5, 0.6) is 0 Å². The van der Waals surface area contributed by atoms with Gasteiger partial charge < -0.3 is 14.5 Å². The fourth-order valence-corrected chi connectivity index (χ4v) is 2.32. The third-order valence-corrected chi connectivity index (χ3v) is 3.59. The molecule has 1 saturated heterocycles. The molecule has 2 rings (SSSR count). The molecule has 0 spiro atoms. The summed E-state index contributed by atoms with van der Waals surface area (Å²) in [5, 5.41) is 12.8. The van der Waals surface area contributed by atoms with Gasteiger partial charge in [0.1, 0.15) is 0 Å². The molecule has 6 nitrogen and oxygen atoms in total. The van der Waals surface area contributed by atoms with Crippen molar-refractivity contribution in [3.8, 4) is 0 Å². The predicted octanol–water partition coefficient (Wildman–Crippen LogP) is 0.844. The van der Waals surface area contributed by atoms with Crippen molar-refractivity contribution in [3.63, 3.8) is 0 Å². The summed E-state index contributed by atoms with van der Waals surface area (Å²) in [5.41, 5.74) is 0. The maximum Gasteiger partial charge on any atom is 0.414 e. The molecule has 21 heavy (non-hydrogen) atoms. The van der Waals surface area contributed by atoms with E-state index in [9.17, 15) is 13.2 Å². The van der Waals surface area contributed by atoms with Crippen molar-refractivity contribution in [2.75, 3.05) is 33.7 Å². The van der Waals surface area contributed by atoms with Crippen LogP contribution in [0.25, 0.3) is 0 Å². The van der Waals surface area contributed by atoms with Gasteiger partial charge in [0.2, 0.25) is 5.89 Å². The van der Waals surface area contributed by atoms with E-state index >= 15 is 0 Å². The van der Waals surface area contributed by atoms with Crippen LogP contribution in [-0.2, 0) is 6.42 Å². The quantitative estimate of drug-likeness (QED) is 0.893. The fraction of sp³-hybridized carbons (Fsp3) is 0.833. The van der Waals surface area contributed by atoms with E-state index in [4.69, 9.17) is 9.63 Å². The zero-order valence-corrected chi connectivity index (χ0v) is 12.0. The number of hydrogen-bond acceptors (Lipinski definition) is 6. The average molecular weight is 308 g/mol. The Hall–Kier alpha value is -1.19. The van der Waals surface area contributed by atoms with E-state index in [-0.39, 0.29) is 11.9 Å².